The average molecular weight is 275 g/mol. The van der Waals surface area contributed by atoms with Crippen molar-refractivity contribution in [2.45, 2.75) is 46.3 Å². The molecular formula is C16H25N3O. The lowest BCUT2D eigenvalue weighted by molar-refractivity contribution is -0.0645. The highest BCUT2D eigenvalue weighted by atomic mass is 16.2. The summed E-state index contributed by atoms with van der Waals surface area (Å²) >= 11 is 0. The summed E-state index contributed by atoms with van der Waals surface area (Å²) in [6.07, 6.45) is 0. The second-order valence-electron chi connectivity index (χ2n) is 6.87. The Hall–Kier alpha value is -1.55. The number of hydrogen-bond donors (Lipinski definition) is 3. The van der Waals surface area contributed by atoms with Crippen molar-refractivity contribution in [1.82, 2.24) is 10.6 Å². The predicted molar refractivity (Wildman–Crippen MR) is 81.1 cm³/mol. The van der Waals surface area contributed by atoms with E-state index in [1.165, 1.54) is 0 Å². The lowest BCUT2D eigenvalue weighted by Crippen LogP contribution is -2.76. The molecule has 0 aliphatic heterocycles. The van der Waals surface area contributed by atoms with E-state index < -0.39 is 0 Å². The minimum Gasteiger partial charge on any atom is -0.334 e. The van der Waals surface area contributed by atoms with E-state index in [1.54, 1.807) is 0 Å². The monoisotopic (exact) mass is 275 g/mol. The van der Waals surface area contributed by atoms with Gasteiger partial charge in [0.05, 0.1) is 0 Å². The number of benzene rings is 1. The van der Waals surface area contributed by atoms with Gasteiger partial charge in [-0.05, 0) is 5.56 Å². The fourth-order valence-corrected chi connectivity index (χ4v) is 3.51. The molecule has 4 heteroatoms. The Bertz CT molecular complexity index is 466. The van der Waals surface area contributed by atoms with Crippen molar-refractivity contribution in [3.05, 3.63) is 35.9 Å². The van der Waals surface area contributed by atoms with Crippen LogP contribution in [0.25, 0.3) is 0 Å². The first-order valence-corrected chi connectivity index (χ1v) is 7.10. The summed E-state index contributed by atoms with van der Waals surface area (Å²) in [5.74, 6) is 0. The van der Waals surface area contributed by atoms with Gasteiger partial charge in [0, 0.05) is 29.5 Å². The number of urea groups is 1. The van der Waals surface area contributed by atoms with Gasteiger partial charge in [0.1, 0.15) is 0 Å². The van der Waals surface area contributed by atoms with Gasteiger partial charge in [-0.2, -0.15) is 0 Å². The number of carbonyl (C=O) groups excluding carboxylic acids is 1. The first-order chi connectivity index (χ1) is 9.26. The SMILES string of the molecule is CC1(C)C(N)C(C)(C)C1NC(=O)NCc1ccccc1. The van der Waals surface area contributed by atoms with Crippen LogP contribution < -0.4 is 16.4 Å². The van der Waals surface area contributed by atoms with Gasteiger partial charge in [0.15, 0.2) is 0 Å². The molecule has 0 bridgehead atoms. The Kier molecular flexibility index (Phi) is 3.78. The summed E-state index contributed by atoms with van der Waals surface area (Å²) in [5, 5.41) is 5.97. The highest BCUT2D eigenvalue weighted by Crippen LogP contribution is 2.52. The molecule has 1 aliphatic carbocycles. The molecule has 4 N–H and O–H groups in total. The lowest BCUT2D eigenvalue weighted by Gasteiger charge is -2.62. The van der Waals surface area contributed by atoms with Gasteiger partial charge >= 0.3 is 6.03 Å². The fourth-order valence-electron chi connectivity index (χ4n) is 3.51. The van der Waals surface area contributed by atoms with E-state index in [2.05, 4.69) is 38.3 Å². The highest BCUT2D eigenvalue weighted by Gasteiger charge is 2.60. The van der Waals surface area contributed by atoms with Gasteiger partial charge in [0.2, 0.25) is 0 Å². The van der Waals surface area contributed by atoms with Crippen LogP contribution in [-0.2, 0) is 6.54 Å². The van der Waals surface area contributed by atoms with Crippen molar-refractivity contribution < 1.29 is 4.79 Å². The third-order valence-corrected chi connectivity index (χ3v) is 4.66. The van der Waals surface area contributed by atoms with Crippen LogP contribution in [0, 0.1) is 10.8 Å². The molecular weight excluding hydrogens is 250 g/mol. The molecule has 0 radical (unpaired) electrons. The number of nitrogens with two attached hydrogens (primary N) is 1. The van der Waals surface area contributed by atoms with Crippen LogP contribution in [-0.4, -0.2) is 18.1 Å². The third kappa shape index (κ3) is 2.52. The normalized spacial score (nSPS) is 26.4. The molecule has 2 rings (SSSR count). The molecule has 1 fully saturated rings. The Labute approximate surface area is 121 Å². The Morgan fingerprint density at radius 3 is 2.25 bits per heavy atom. The lowest BCUT2D eigenvalue weighted by atomic mass is 9.48. The maximum Gasteiger partial charge on any atom is 0.315 e. The third-order valence-electron chi connectivity index (χ3n) is 4.66. The van der Waals surface area contributed by atoms with Crippen molar-refractivity contribution in [2.75, 3.05) is 0 Å². The summed E-state index contributed by atoms with van der Waals surface area (Å²) in [6, 6.07) is 9.92. The quantitative estimate of drug-likeness (QED) is 0.792. The topological polar surface area (TPSA) is 67.1 Å². The minimum atomic E-state index is -0.132. The Morgan fingerprint density at radius 2 is 1.70 bits per heavy atom. The zero-order chi connectivity index (χ0) is 15.0. The van der Waals surface area contributed by atoms with E-state index in [1.807, 2.05) is 30.3 Å². The summed E-state index contributed by atoms with van der Waals surface area (Å²) in [5.41, 5.74) is 7.13. The number of nitrogens with one attached hydrogen (secondary N) is 2. The van der Waals surface area contributed by atoms with Crippen LogP contribution in [0.1, 0.15) is 33.3 Å². The molecule has 110 valence electrons. The van der Waals surface area contributed by atoms with Gasteiger partial charge in [0.25, 0.3) is 0 Å². The Morgan fingerprint density at radius 1 is 1.15 bits per heavy atom. The summed E-state index contributed by atoms with van der Waals surface area (Å²) in [7, 11) is 0. The second kappa shape index (κ2) is 5.09. The fraction of sp³-hybridized carbons (Fsp3) is 0.562. The zero-order valence-corrected chi connectivity index (χ0v) is 12.7. The van der Waals surface area contributed by atoms with E-state index in [9.17, 15) is 4.79 Å². The van der Waals surface area contributed by atoms with Crippen molar-refractivity contribution in [3.63, 3.8) is 0 Å². The number of carbonyl (C=O) groups is 1. The maximum absolute atomic E-state index is 12.0. The van der Waals surface area contributed by atoms with Gasteiger partial charge in [-0.1, -0.05) is 58.0 Å². The molecule has 20 heavy (non-hydrogen) atoms. The molecule has 1 aromatic rings. The molecule has 0 spiro atoms. The van der Waals surface area contributed by atoms with E-state index in [0.29, 0.717) is 6.54 Å². The van der Waals surface area contributed by atoms with Crippen molar-refractivity contribution in [3.8, 4) is 0 Å². The van der Waals surface area contributed by atoms with Gasteiger partial charge in [-0.25, -0.2) is 4.79 Å². The second-order valence-corrected chi connectivity index (χ2v) is 6.87. The maximum atomic E-state index is 12.0. The largest absolute Gasteiger partial charge is 0.334 e. The van der Waals surface area contributed by atoms with Gasteiger partial charge < -0.3 is 16.4 Å². The molecule has 1 aliphatic rings. The molecule has 0 unspecified atom stereocenters. The molecule has 0 saturated heterocycles. The molecule has 4 nitrogen and oxygen atoms in total. The summed E-state index contributed by atoms with van der Waals surface area (Å²) in [4.78, 5) is 12.0. The minimum absolute atomic E-state index is 0.0758. The molecule has 0 atom stereocenters. The zero-order valence-electron chi connectivity index (χ0n) is 12.7. The van der Waals surface area contributed by atoms with Crippen LogP contribution in [0.15, 0.2) is 30.3 Å². The van der Waals surface area contributed by atoms with Crippen molar-refractivity contribution >= 4 is 6.03 Å². The van der Waals surface area contributed by atoms with Crippen LogP contribution in [0.4, 0.5) is 4.79 Å². The van der Waals surface area contributed by atoms with E-state index in [4.69, 9.17) is 5.73 Å². The van der Waals surface area contributed by atoms with Crippen LogP contribution in [0.5, 0.6) is 0 Å². The number of amides is 2. The van der Waals surface area contributed by atoms with E-state index in [-0.39, 0.29) is 28.9 Å². The average Bonchev–Trinajstić information content (AvgIpc) is 2.42. The summed E-state index contributed by atoms with van der Waals surface area (Å²) < 4.78 is 0. The van der Waals surface area contributed by atoms with Gasteiger partial charge in [-0.15, -0.1) is 0 Å². The molecule has 1 aromatic carbocycles. The molecule has 1 saturated carbocycles. The van der Waals surface area contributed by atoms with Crippen LogP contribution >= 0.6 is 0 Å². The number of rotatable bonds is 3. The van der Waals surface area contributed by atoms with E-state index in [0.717, 1.165) is 5.56 Å². The van der Waals surface area contributed by atoms with Crippen LogP contribution in [0.3, 0.4) is 0 Å². The van der Waals surface area contributed by atoms with Crippen LogP contribution in [0.2, 0.25) is 0 Å². The van der Waals surface area contributed by atoms with E-state index >= 15 is 0 Å². The summed E-state index contributed by atoms with van der Waals surface area (Å²) in [6.45, 7) is 8.94. The molecule has 0 heterocycles. The molecule has 2 amide bonds. The molecule has 0 aromatic heterocycles. The smallest absolute Gasteiger partial charge is 0.315 e. The highest BCUT2D eigenvalue weighted by molar-refractivity contribution is 5.74. The first kappa shape index (κ1) is 14.9. The standard InChI is InChI=1S/C16H25N3O/c1-15(2)12(17)16(3,4)13(15)19-14(20)18-10-11-8-6-5-7-9-11/h5-9,12-13H,10,17H2,1-4H3,(H2,18,19,20). The number of hydrogen-bond acceptors (Lipinski definition) is 2. The predicted octanol–water partition coefficient (Wildman–Crippen LogP) is 2.25. The first-order valence-electron chi connectivity index (χ1n) is 7.10. The van der Waals surface area contributed by atoms with Gasteiger partial charge in [-0.3, -0.25) is 0 Å². The van der Waals surface area contributed by atoms with Crippen molar-refractivity contribution in [2.24, 2.45) is 16.6 Å². The van der Waals surface area contributed by atoms with Crippen molar-refractivity contribution in [1.29, 1.82) is 0 Å². The Balaban J connectivity index is 1.89.